The third kappa shape index (κ3) is 2.24. The summed E-state index contributed by atoms with van der Waals surface area (Å²) in [5, 5.41) is 0. The van der Waals surface area contributed by atoms with E-state index in [4.69, 9.17) is 10.5 Å². The maximum atomic E-state index is 12.3. The number of pyridine rings is 1. The molecule has 2 atom stereocenters. The number of hydrogen-bond donors (Lipinski definition) is 1. The van der Waals surface area contributed by atoms with Crippen LogP contribution in [0.3, 0.4) is 0 Å². The van der Waals surface area contributed by atoms with Gasteiger partial charge in [0, 0.05) is 25.3 Å². The maximum absolute atomic E-state index is 12.3. The summed E-state index contributed by atoms with van der Waals surface area (Å²) in [7, 11) is 1.51. The number of aromatic nitrogens is 1. The van der Waals surface area contributed by atoms with Gasteiger partial charge in [0.25, 0.3) is 5.91 Å². The molecule has 0 aromatic carbocycles. The number of ether oxygens (including phenoxy) is 1. The zero-order valence-electron chi connectivity index (χ0n) is 10.1. The molecule has 1 aromatic heterocycles. The molecule has 1 aromatic rings. The summed E-state index contributed by atoms with van der Waals surface area (Å²) in [5.74, 6) is 0.641. The van der Waals surface area contributed by atoms with Crippen LogP contribution in [-0.4, -0.2) is 42.0 Å². The predicted octanol–water partition coefficient (Wildman–Crippen LogP) is 0.509. The lowest BCUT2D eigenvalue weighted by atomic mass is 10.1. The van der Waals surface area contributed by atoms with Gasteiger partial charge in [-0.25, -0.2) is 4.98 Å². The van der Waals surface area contributed by atoms with Crippen LogP contribution in [0.5, 0.6) is 5.88 Å². The van der Waals surface area contributed by atoms with Crippen molar-refractivity contribution in [1.29, 1.82) is 0 Å². The summed E-state index contributed by atoms with van der Waals surface area (Å²) in [6, 6.07) is 3.51. The van der Waals surface area contributed by atoms with E-state index in [1.165, 1.54) is 7.11 Å². The van der Waals surface area contributed by atoms with Crippen molar-refractivity contribution in [2.75, 3.05) is 20.2 Å². The van der Waals surface area contributed by atoms with Crippen molar-refractivity contribution in [1.82, 2.24) is 9.88 Å². The lowest BCUT2D eigenvalue weighted by molar-refractivity contribution is 0.0782. The van der Waals surface area contributed by atoms with Gasteiger partial charge in [0.1, 0.15) is 5.56 Å². The number of amides is 1. The van der Waals surface area contributed by atoms with E-state index in [-0.39, 0.29) is 11.9 Å². The van der Waals surface area contributed by atoms with Gasteiger partial charge in [-0.3, -0.25) is 4.79 Å². The molecule has 2 N–H and O–H groups in total. The normalized spacial score (nSPS) is 23.8. The topological polar surface area (TPSA) is 68.5 Å². The van der Waals surface area contributed by atoms with Gasteiger partial charge in [-0.15, -0.1) is 0 Å². The van der Waals surface area contributed by atoms with Gasteiger partial charge in [0.15, 0.2) is 0 Å². The molecule has 5 nitrogen and oxygen atoms in total. The molecule has 1 aliphatic rings. The van der Waals surface area contributed by atoms with Gasteiger partial charge >= 0.3 is 0 Å². The summed E-state index contributed by atoms with van der Waals surface area (Å²) < 4.78 is 5.09. The highest BCUT2D eigenvalue weighted by Crippen LogP contribution is 2.21. The minimum Gasteiger partial charge on any atom is -0.480 e. The van der Waals surface area contributed by atoms with E-state index in [1.54, 1.807) is 23.2 Å². The van der Waals surface area contributed by atoms with E-state index in [2.05, 4.69) is 11.9 Å². The van der Waals surface area contributed by atoms with Crippen molar-refractivity contribution in [2.45, 2.75) is 13.0 Å². The van der Waals surface area contributed by atoms with E-state index >= 15 is 0 Å². The lowest BCUT2D eigenvalue weighted by Gasteiger charge is -2.16. The molecule has 5 heteroatoms. The first kappa shape index (κ1) is 11.9. The Morgan fingerprint density at radius 2 is 2.35 bits per heavy atom. The Morgan fingerprint density at radius 1 is 1.59 bits per heavy atom. The van der Waals surface area contributed by atoms with Crippen LogP contribution < -0.4 is 10.5 Å². The Bertz CT molecular complexity index is 412. The molecule has 17 heavy (non-hydrogen) atoms. The van der Waals surface area contributed by atoms with Crippen LogP contribution in [0.2, 0.25) is 0 Å². The molecule has 1 aliphatic heterocycles. The second-order valence-electron chi connectivity index (χ2n) is 4.41. The number of carbonyl (C=O) groups is 1. The number of likely N-dealkylation sites (tertiary alicyclic amines) is 1. The molecule has 1 saturated heterocycles. The van der Waals surface area contributed by atoms with Gasteiger partial charge in [0.2, 0.25) is 5.88 Å². The van der Waals surface area contributed by atoms with Crippen LogP contribution in [-0.2, 0) is 0 Å². The fourth-order valence-electron chi connectivity index (χ4n) is 2.04. The molecule has 0 bridgehead atoms. The molecule has 0 saturated carbocycles. The molecule has 0 aliphatic carbocycles. The van der Waals surface area contributed by atoms with Crippen LogP contribution in [0.25, 0.3) is 0 Å². The molecule has 2 rings (SSSR count). The third-order valence-corrected chi connectivity index (χ3v) is 3.15. The second-order valence-corrected chi connectivity index (χ2v) is 4.41. The fraction of sp³-hybridized carbons (Fsp3) is 0.500. The first-order valence-electron chi connectivity index (χ1n) is 5.67. The van der Waals surface area contributed by atoms with Crippen LogP contribution in [0.4, 0.5) is 0 Å². The standard InChI is InChI=1S/C12H17N3O2/c1-8-6-15(7-10(8)13)12(16)9-4-3-5-14-11(9)17-2/h3-5,8,10H,6-7,13H2,1-2H3. The Kier molecular flexibility index (Phi) is 3.28. The molecule has 0 spiro atoms. The van der Waals surface area contributed by atoms with Gasteiger partial charge in [0.05, 0.1) is 7.11 Å². The number of nitrogens with two attached hydrogens (primary N) is 1. The number of carbonyl (C=O) groups excluding carboxylic acids is 1. The predicted molar refractivity (Wildman–Crippen MR) is 63.8 cm³/mol. The first-order valence-corrected chi connectivity index (χ1v) is 5.67. The highest BCUT2D eigenvalue weighted by Gasteiger charge is 2.31. The minimum absolute atomic E-state index is 0.0571. The van der Waals surface area contributed by atoms with E-state index in [0.29, 0.717) is 30.5 Å². The molecule has 1 amide bonds. The number of hydrogen-bond acceptors (Lipinski definition) is 4. The van der Waals surface area contributed by atoms with Crippen molar-refractivity contribution in [3.63, 3.8) is 0 Å². The van der Waals surface area contributed by atoms with Gasteiger partial charge in [-0.1, -0.05) is 6.92 Å². The lowest BCUT2D eigenvalue weighted by Crippen LogP contribution is -2.32. The molecular weight excluding hydrogens is 218 g/mol. The average Bonchev–Trinajstić information content (AvgIpc) is 2.68. The van der Waals surface area contributed by atoms with Crippen LogP contribution in [0.15, 0.2) is 18.3 Å². The Morgan fingerprint density at radius 3 is 2.94 bits per heavy atom. The fourth-order valence-corrected chi connectivity index (χ4v) is 2.04. The van der Waals surface area contributed by atoms with Gasteiger partial charge in [-0.05, 0) is 18.1 Å². The van der Waals surface area contributed by atoms with E-state index < -0.39 is 0 Å². The Hall–Kier alpha value is -1.62. The van der Waals surface area contributed by atoms with Crippen molar-refractivity contribution in [3.8, 4) is 5.88 Å². The largest absolute Gasteiger partial charge is 0.480 e. The molecule has 0 radical (unpaired) electrons. The van der Waals surface area contributed by atoms with Crippen molar-refractivity contribution >= 4 is 5.91 Å². The smallest absolute Gasteiger partial charge is 0.259 e. The Labute approximate surface area is 101 Å². The maximum Gasteiger partial charge on any atom is 0.259 e. The highest BCUT2D eigenvalue weighted by atomic mass is 16.5. The van der Waals surface area contributed by atoms with Crippen molar-refractivity contribution in [3.05, 3.63) is 23.9 Å². The quantitative estimate of drug-likeness (QED) is 0.811. The molecule has 92 valence electrons. The van der Waals surface area contributed by atoms with Crippen LogP contribution >= 0.6 is 0 Å². The first-order chi connectivity index (χ1) is 8.13. The van der Waals surface area contributed by atoms with E-state index in [0.717, 1.165) is 0 Å². The third-order valence-electron chi connectivity index (χ3n) is 3.15. The number of nitrogens with zero attached hydrogens (tertiary/aromatic N) is 2. The summed E-state index contributed by atoms with van der Waals surface area (Å²) >= 11 is 0. The summed E-state index contributed by atoms with van der Waals surface area (Å²) in [5.41, 5.74) is 6.41. The van der Waals surface area contributed by atoms with Crippen molar-refractivity contribution < 1.29 is 9.53 Å². The SMILES string of the molecule is COc1ncccc1C(=O)N1CC(C)C(N)C1. The number of methoxy groups -OCH3 is 1. The van der Waals surface area contributed by atoms with Crippen molar-refractivity contribution in [2.24, 2.45) is 11.7 Å². The average molecular weight is 235 g/mol. The second kappa shape index (κ2) is 4.71. The van der Waals surface area contributed by atoms with Gasteiger partial charge in [-0.2, -0.15) is 0 Å². The summed E-state index contributed by atoms with van der Waals surface area (Å²) in [6.07, 6.45) is 1.61. The highest BCUT2D eigenvalue weighted by molar-refractivity contribution is 5.96. The van der Waals surface area contributed by atoms with Crippen LogP contribution in [0.1, 0.15) is 17.3 Å². The molecule has 2 unspecified atom stereocenters. The Balaban J connectivity index is 2.20. The molecular formula is C12H17N3O2. The van der Waals surface area contributed by atoms with E-state index in [1.807, 2.05) is 0 Å². The van der Waals surface area contributed by atoms with Crippen LogP contribution in [0, 0.1) is 5.92 Å². The zero-order valence-corrected chi connectivity index (χ0v) is 10.1. The molecule has 1 fully saturated rings. The number of rotatable bonds is 2. The molecule has 2 heterocycles. The minimum atomic E-state index is -0.0604. The summed E-state index contributed by atoms with van der Waals surface area (Å²) in [6.45, 7) is 3.34. The zero-order chi connectivity index (χ0) is 12.4. The monoisotopic (exact) mass is 235 g/mol. The van der Waals surface area contributed by atoms with E-state index in [9.17, 15) is 4.79 Å². The van der Waals surface area contributed by atoms with Gasteiger partial charge < -0.3 is 15.4 Å². The summed E-state index contributed by atoms with van der Waals surface area (Å²) in [4.78, 5) is 18.1.